The average molecular weight is 392 g/mol. The van der Waals surface area contributed by atoms with E-state index in [1.54, 1.807) is 35.5 Å². The highest BCUT2D eigenvalue weighted by molar-refractivity contribution is 6.31. The first-order chi connectivity index (χ1) is 13.0. The predicted octanol–water partition coefficient (Wildman–Crippen LogP) is 3.03. The molecule has 6 nitrogen and oxygen atoms in total. The highest BCUT2D eigenvalue weighted by Crippen LogP contribution is 2.40. The molecule has 0 aliphatic carbocycles. The number of ether oxygens (including phenoxy) is 3. The number of nitrogens with zero attached hydrogens (tertiary/aromatic N) is 1. The lowest BCUT2D eigenvalue weighted by atomic mass is 9.83. The Balaban J connectivity index is 2.05. The second kappa shape index (κ2) is 8.59. The van der Waals surface area contributed by atoms with E-state index in [4.69, 9.17) is 25.8 Å². The van der Waals surface area contributed by atoms with Crippen LogP contribution in [0.15, 0.2) is 47.8 Å². The van der Waals surface area contributed by atoms with E-state index in [0.717, 1.165) is 19.4 Å². The molecule has 0 N–H and O–H groups in total. The number of hydrogen-bond acceptors (Lipinski definition) is 6. The summed E-state index contributed by atoms with van der Waals surface area (Å²) in [6, 6.07) is 7.11. The van der Waals surface area contributed by atoms with Crippen LogP contribution in [0.1, 0.15) is 24.3 Å². The molecular weight excluding hydrogens is 370 g/mol. The maximum Gasteiger partial charge on any atom is 0.336 e. The standard InChI is InChI=1S/C20H22ClNO5/c1-25-19(23)15-11-22(10-13-6-5-9-27-13)12-16(20(24)26-2)18(15)14-7-3-4-8-17(14)21/h3-4,7-8,11-13,18H,5-6,9-10H2,1-2H3. The van der Waals surface area contributed by atoms with Crippen LogP contribution in [0.25, 0.3) is 0 Å². The zero-order valence-corrected chi connectivity index (χ0v) is 16.1. The molecule has 0 amide bonds. The van der Waals surface area contributed by atoms with Gasteiger partial charge in [0.1, 0.15) is 0 Å². The van der Waals surface area contributed by atoms with Crippen molar-refractivity contribution in [2.24, 2.45) is 0 Å². The van der Waals surface area contributed by atoms with E-state index in [9.17, 15) is 9.59 Å². The highest BCUT2D eigenvalue weighted by atomic mass is 35.5. The largest absolute Gasteiger partial charge is 0.466 e. The van der Waals surface area contributed by atoms with Crippen LogP contribution in [0.5, 0.6) is 0 Å². The summed E-state index contributed by atoms with van der Waals surface area (Å²) >= 11 is 6.37. The second-order valence-electron chi connectivity index (χ2n) is 6.44. The van der Waals surface area contributed by atoms with Gasteiger partial charge in [-0.2, -0.15) is 0 Å². The van der Waals surface area contributed by atoms with Gasteiger partial charge in [-0.05, 0) is 24.5 Å². The molecule has 0 radical (unpaired) electrons. The van der Waals surface area contributed by atoms with E-state index in [-0.39, 0.29) is 6.10 Å². The summed E-state index contributed by atoms with van der Waals surface area (Å²) in [7, 11) is 2.63. The van der Waals surface area contributed by atoms with Crippen LogP contribution in [0, 0.1) is 0 Å². The van der Waals surface area contributed by atoms with Crippen molar-refractivity contribution < 1.29 is 23.8 Å². The average Bonchev–Trinajstić information content (AvgIpc) is 3.19. The Kier molecular flexibility index (Phi) is 6.19. The van der Waals surface area contributed by atoms with Crippen LogP contribution in [0.3, 0.4) is 0 Å². The van der Waals surface area contributed by atoms with E-state index in [0.29, 0.717) is 28.3 Å². The first-order valence-corrected chi connectivity index (χ1v) is 9.14. The maximum atomic E-state index is 12.5. The Morgan fingerprint density at radius 2 is 1.78 bits per heavy atom. The van der Waals surface area contributed by atoms with Crippen LogP contribution in [-0.2, 0) is 23.8 Å². The molecule has 1 saturated heterocycles. The Labute approximate surface area is 163 Å². The summed E-state index contributed by atoms with van der Waals surface area (Å²) in [5.74, 6) is -1.71. The third-order valence-corrected chi connectivity index (χ3v) is 5.07. The molecule has 1 fully saturated rings. The first kappa shape index (κ1) is 19.5. The van der Waals surface area contributed by atoms with Crippen molar-refractivity contribution in [1.29, 1.82) is 0 Å². The van der Waals surface area contributed by atoms with Gasteiger partial charge in [0.2, 0.25) is 0 Å². The fourth-order valence-electron chi connectivity index (χ4n) is 3.46. The van der Waals surface area contributed by atoms with Crippen molar-refractivity contribution in [3.63, 3.8) is 0 Å². The third kappa shape index (κ3) is 4.17. The lowest BCUT2D eigenvalue weighted by Crippen LogP contribution is -2.32. The summed E-state index contributed by atoms with van der Waals surface area (Å²) in [6.07, 6.45) is 5.39. The number of benzene rings is 1. The van der Waals surface area contributed by atoms with Crippen molar-refractivity contribution >= 4 is 23.5 Å². The van der Waals surface area contributed by atoms with Crippen molar-refractivity contribution in [3.05, 3.63) is 58.4 Å². The fourth-order valence-corrected chi connectivity index (χ4v) is 3.71. The molecule has 3 rings (SSSR count). The molecule has 0 bridgehead atoms. The summed E-state index contributed by atoms with van der Waals surface area (Å²) in [5.41, 5.74) is 1.29. The maximum absolute atomic E-state index is 12.5. The molecule has 2 aliphatic heterocycles. The zero-order valence-electron chi connectivity index (χ0n) is 15.3. The number of halogens is 1. The van der Waals surface area contributed by atoms with Gasteiger partial charge in [0.05, 0.1) is 37.4 Å². The lowest BCUT2D eigenvalue weighted by molar-refractivity contribution is -0.137. The number of rotatable bonds is 5. The molecule has 2 aliphatic rings. The summed E-state index contributed by atoms with van der Waals surface area (Å²) in [4.78, 5) is 26.9. The van der Waals surface area contributed by atoms with Gasteiger partial charge in [0.25, 0.3) is 0 Å². The van der Waals surface area contributed by atoms with Crippen LogP contribution < -0.4 is 0 Å². The van der Waals surface area contributed by atoms with Gasteiger partial charge < -0.3 is 19.1 Å². The van der Waals surface area contributed by atoms with Crippen molar-refractivity contribution in [2.75, 3.05) is 27.4 Å². The van der Waals surface area contributed by atoms with E-state index >= 15 is 0 Å². The molecule has 1 aromatic carbocycles. The topological polar surface area (TPSA) is 65.1 Å². The molecule has 2 heterocycles. The third-order valence-electron chi connectivity index (χ3n) is 4.73. The molecule has 27 heavy (non-hydrogen) atoms. The predicted molar refractivity (Wildman–Crippen MR) is 100 cm³/mol. The fraction of sp³-hybridized carbons (Fsp3) is 0.400. The minimum atomic E-state index is -0.667. The van der Waals surface area contributed by atoms with Crippen LogP contribution >= 0.6 is 11.6 Å². The van der Waals surface area contributed by atoms with Gasteiger partial charge in [0.15, 0.2) is 0 Å². The molecule has 0 saturated carbocycles. The van der Waals surface area contributed by atoms with E-state index in [1.165, 1.54) is 14.2 Å². The molecular formula is C20H22ClNO5. The van der Waals surface area contributed by atoms with Crippen LogP contribution in [0.4, 0.5) is 0 Å². The molecule has 1 unspecified atom stereocenters. The van der Waals surface area contributed by atoms with E-state index in [2.05, 4.69) is 0 Å². The Hall–Kier alpha value is -2.31. The smallest absolute Gasteiger partial charge is 0.336 e. The normalized spacial score (nSPS) is 20.1. The molecule has 7 heteroatoms. The van der Waals surface area contributed by atoms with E-state index in [1.807, 2.05) is 6.07 Å². The van der Waals surface area contributed by atoms with Crippen LogP contribution in [-0.4, -0.2) is 50.3 Å². The molecule has 0 aromatic heterocycles. The van der Waals surface area contributed by atoms with Gasteiger partial charge in [0, 0.05) is 30.6 Å². The zero-order chi connectivity index (χ0) is 19.4. The molecule has 1 atom stereocenters. The van der Waals surface area contributed by atoms with Gasteiger partial charge in [-0.15, -0.1) is 0 Å². The van der Waals surface area contributed by atoms with Crippen LogP contribution in [0.2, 0.25) is 5.02 Å². The first-order valence-electron chi connectivity index (χ1n) is 8.77. The SMILES string of the molecule is COC(=O)C1=CN(CC2CCCO2)C=C(C(=O)OC)C1c1ccccc1Cl. The molecule has 144 valence electrons. The summed E-state index contributed by atoms with van der Waals surface area (Å²) < 4.78 is 15.6. The lowest BCUT2D eigenvalue weighted by Gasteiger charge is -2.31. The van der Waals surface area contributed by atoms with Gasteiger partial charge >= 0.3 is 11.9 Å². The molecule has 0 spiro atoms. The summed E-state index contributed by atoms with van der Waals surface area (Å²) in [5, 5.41) is 0.458. The number of carbonyl (C=O) groups excluding carboxylic acids is 2. The summed E-state index contributed by atoms with van der Waals surface area (Å²) in [6.45, 7) is 1.26. The highest BCUT2D eigenvalue weighted by Gasteiger charge is 2.36. The number of carbonyl (C=O) groups is 2. The second-order valence-corrected chi connectivity index (χ2v) is 6.85. The quantitative estimate of drug-likeness (QED) is 0.719. The Morgan fingerprint density at radius 3 is 2.30 bits per heavy atom. The Morgan fingerprint density at radius 1 is 1.15 bits per heavy atom. The Bertz CT molecular complexity index is 748. The van der Waals surface area contributed by atoms with Gasteiger partial charge in [-0.3, -0.25) is 0 Å². The minimum Gasteiger partial charge on any atom is -0.466 e. The number of esters is 2. The molecule has 1 aromatic rings. The van der Waals surface area contributed by atoms with Crippen molar-refractivity contribution in [1.82, 2.24) is 4.90 Å². The number of methoxy groups -OCH3 is 2. The number of hydrogen-bond donors (Lipinski definition) is 0. The minimum absolute atomic E-state index is 0.0483. The van der Waals surface area contributed by atoms with Gasteiger partial charge in [-0.25, -0.2) is 9.59 Å². The van der Waals surface area contributed by atoms with E-state index < -0.39 is 17.9 Å². The van der Waals surface area contributed by atoms with Crippen molar-refractivity contribution in [3.8, 4) is 0 Å². The van der Waals surface area contributed by atoms with Gasteiger partial charge in [-0.1, -0.05) is 29.8 Å². The van der Waals surface area contributed by atoms with Crippen molar-refractivity contribution in [2.45, 2.75) is 24.9 Å². The monoisotopic (exact) mass is 391 g/mol.